The number of rotatable bonds is 8. The van der Waals surface area contributed by atoms with Gasteiger partial charge >= 0.3 is 0 Å². The number of para-hydroxylation sites is 1. The first-order chi connectivity index (χ1) is 10.3. The molecule has 0 fully saturated rings. The SMILES string of the molecule is COc1ccc(Cl)cc1CNCCCOc1ccccc1. The highest BCUT2D eigenvalue weighted by molar-refractivity contribution is 6.30. The molecule has 0 aliphatic carbocycles. The van der Waals surface area contributed by atoms with Crippen LogP contribution in [0.1, 0.15) is 12.0 Å². The number of benzene rings is 2. The summed E-state index contributed by atoms with van der Waals surface area (Å²) in [5.74, 6) is 1.77. The second-order valence-corrected chi connectivity index (χ2v) is 5.08. The molecule has 0 amide bonds. The second-order valence-electron chi connectivity index (χ2n) is 4.65. The Hall–Kier alpha value is -1.71. The van der Waals surface area contributed by atoms with E-state index in [0.717, 1.165) is 41.6 Å². The number of halogens is 1. The predicted octanol–water partition coefficient (Wildman–Crippen LogP) is 3.91. The third-order valence-corrected chi connectivity index (χ3v) is 3.30. The molecule has 112 valence electrons. The number of hydrogen-bond acceptors (Lipinski definition) is 3. The molecular formula is C17H20ClNO2. The van der Waals surface area contributed by atoms with Crippen LogP contribution in [0, 0.1) is 0 Å². The van der Waals surface area contributed by atoms with Gasteiger partial charge in [-0.3, -0.25) is 0 Å². The average molecular weight is 306 g/mol. The van der Waals surface area contributed by atoms with Gasteiger partial charge in [-0.2, -0.15) is 0 Å². The lowest BCUT2D eigenvalue weighted by molar-refractivity contribution is 0.308. The first kappa shape index (κ1) is 15.7. The summed E-state index contributed by atoms with van der Waals surface area (Å²) in [7, 11) is 1.67. The molecule has 0 unspecified atom stereocenters. The van der Waals surface area contributed by atoms with Gasteiger partial charge in [-0.05, 0) is 43.3 Å². The van der Waals surface area contributed by atoms with Crippen LogP contribution in [0.4, 0.5) is 0 Å². The maximum Gasteiger partial charge on any atom is 0.123 e. The van der Waals surface area contributed by atoms with Crippen molar-refractivity contribution in [2.45, 2.75) is 13.0 Å². The van der Waals surface area contributed by atoms with E-state index in [4.69, 9.17) is 21.1 Å². The molecule has 0 saturated heterocycles. The molecule has 21 heavy (non-hydrogen) atoms. The highest BCUT2D eigenvalue weighted by Gasteiger charge is 2.03. The molecular weight excluding hydrogens is 286 g/mol. The Labute approximate surface area is 130 Å². The van der Waals surface area contributed by atoms with Gasteiger partial charge in [-0.15, -0.1) is 0 Å². The number of nitrogens with one attached hydrogen (secondary N) is 1. The van der Waals surface area contributed by atoms with Crippen molar-refractivity contribution in [2.24, 2.45) is 0 Å². The van der Waals surface area contributed by atoms with Crippen molar-refractivity contribution in [2.75, 3.05) is 20.3 Å². The van der Waals surface area contributed by atoms with Crippen molar-refractivity contribution in [3.8, 4) is 11.5 Å². The van der Waals surface area contributed by atoms with Crippen LogP contribution in [0.15, 0.2) is 48.5 Å². The largest absolute Gasteiger partial charge is 0.496 e. The summed E-state index contributed by atoms with van der Waals surface area (Å²) in [6.45, 7) is 2.31. The zero-order valence-corrected chi connectivity index (χ0v) is 12.9. The highest BCUT2D eigenvalue weighted by Crippen LogP contribution is 2.22. The Bertz CT molecular complexity index is 546. The van der Waals surface area contributed by atoms with Crippen molar-refractivity contribution >= 4 is 11.6 Å². The fraction of sp³-hybridized carbons (Fsp3) is 0.294. The van der Waals surface area contributed by atoms with Crippen LogP contribution in [-0.4, -0.2) is 20.3 Å². The molecule has 0 aliphatic heterocycles. The molecule has 0 bridgehead atoms. The minimum Gasteiger partial charge on any atom is -0.496 e. The Kier molecular flexibility index (Phi) is 6.38. The molecule has 2 aromatic carbocycles. The molecule has 0 aromatic heterocycles. The van der Waals surface area contributed by atoms with Gasteiger partial charge in [-0.1, -0.05) is 29.8 Å². The van der Waals surface area contributed by atoms with Crippen LogP contribution < -0.4 is 14.8 Å². The van der Waals surface area contributed by atoms with Gasteiger partial charge < -0.3 is 14.8 Å². The molecule has 2 rings (SSSR count). The van der Waals surface area contributed by atoms with E-state index in [-0.39, 0.29) is 0 Å². The highest BCUT2D eigenvalue weighted by atomic mass is 35.5. The molecule has 0 aliphatic rings. The molecule has 3 nitrogen and oxygen atoms in total. The van der Waals surface area contributed by atoms with Gasteiger partial charge in [0.1, 0.15) is 11.5 Å². The van der Waals surface area contributed by atoms with Crippen molar-refractivity contribution in [1.82, 2.24) is 5.32 Å². The molecule has 0 atom stereocenters. The Morgan fingerprint density at radius 1 is 1.10 bits per heavy atom. The maximum absolute atomic E-state index is 6.00. The minimum atomic E-state index is 0.698. The molecule has 0 spiro atoms. The van der Waals surface area contributed by atoms with Crippen LogP contribution in [0.25, 0.3) is 0 Å². The zero-order chi connectivity index (χ0) is 14.9. The lowest BCUT2D eigenvalue weighted by atomic mass is 10.2. The third kappa shape index (κ3) is 5.29. The van der Waals surface area contributed by atoms with E-state index in [1.165, 1.54) is 0 Å². The first-order valence-corrected chi connectivity index (χ1v) is 7.38. The Morgan fingerprint density at radius 2 is 1.90 bits per heavy atom. The molecule has 0 heterocycles. The smallest absolute Gasteiger partial charge is 0.123 e. The van der Waals surface area contributed by atoms with E-state index in [9.17, 15) is 0 Å². The van der Waals surface area contributed by atoms with Gasteiger partial charge in [0.05, 0.1) is 13.7 Å². The first-order valence-electron chi connectivity index (χ1n) is 7.00. The summed E-state index contributed by atoms with van der Waals surface area (Å²) in [6.07, 6.45) is 0.942. The summed E-state index contributed by atoms with van der Waals surface area (Å²) >= 11 is 6.00. The molecule has 0 radical (unpaired) electrons. The predicted molar refractivity (Wildman–Crippen MR) is 86.3 cm³/mol. The Balaban J connectivity index is 1.67. The molecule has 0 saturated carbocycles. The zero-order valence-electron chi connectivity index (χ0n) is 12.1. The van der Waals surface area contributed by atoms with Gasteiger partial charge in [0.15, 0.2) is 0 Å². The van der Waals surface area contributed by atoms with Crippen LogP contribution in [0.3, 0.4) is 0 Å². The maximum atomic E-state index is 6.00. The Morgan fingerprint density at radius 3 is 2.67 bits per heavy atom. The second kappa shape index (κ2) is 8.55. The lowest BCUT2D eigenvalue weighted by Gasteiger charge is -2.10. The van der Waals surface area contributed by atoms with E-state index in [1.54, 1.807) is 7.11 Å². The summed E-state index contributed by atoms with van der Waals surface area (Å²) in [5, 5.41) is 4.09. The van der Waals surface area contributed by atoms with E-state index in [0.29, 0.717) is 6.61 Å². The number of ether oxygens (including phenoxy) is 2. The minimum absolute atomic E-state index is 0.698. The van der Waals surface area contributed by atoms with Crippen LogP contribution >= 0.6 is 11.6 Å². The van der Waals surface area contributed by atoms with Crippen molar-refractivity contribution in [1.29, 1.82) is 0 Å². The van der Waals surface area contributed by atoms with Crippen LogP contribution in [0.5, 0.6) is 11.5 Å². The lowest BCUT2D eigenvalue weighted by Crippen LogP contribution is -2.17. The van der Waals surface area contributed by atoms with Gasteiger partial charge in [-0.25, -0.2) is 0 Å². The van der Waals surface area contributed by atoms with E-state index in [2.05, 4.69) is 5.32 Å². The summed E-state index contributed by atoms with van der Waals surface area (Å²) in [5.41, 5.74) is 1.06. The fourth-order valence-electron chi connectivity index (χ4n) is 2.01. The quantitative estimate of drug-likeness (QED) is 0.750. The van der Waals surface area contributed by atoms with Crippen LogP contribution in [-0.2, 0) is 6.54 Å². The van der Waals surface area contributed by atoms with Gasteiger partial charge in [0.25, 0.3) is 0 Å². The standard InChI is InChI=1S/C17H20ClNO2/c1-20-17-9-8-15(18)12-14(17)13-19-10-5-11-21-16-6-3-2-4-7-16/h2-4,6-9,12,19H,5,10-11,13H2,1H3. The normalized spacial score (nSPS) is 10.4. The molecule has 1 N–H and O–H groups in total. The van der Waals surface area contributed by atoms with Crippen molar-refractivity contribution < 1.29 is 9.47 Å². The topological polar surface area (TPSA) is 30.5 Å². The average Bonchev–Trinajstić information content (AvgIpc) is 2.52. The third-order valence-electron chi connectivity index (χ3n) is 3.07. The molecule has 4 heteroatoms. The number of methoxy groups -OCH3 is 1. The van der Waals surface area contributed by atoms with Gasteiger partial charge in [0, 0.05) is 17.1 Å². The van der Waals surface area contributed by atoms with Crippen molar-refractivity contribution in [3.05, 3.63) is 59.1 Å². The number of hydrogen-bond donors (Lipinski definition) is 1. The van der Waals surface area contributed by atoms with E-state index >= 15 is 0 Å². The van der Waals surface area contributed by atoms with E-state index in [1.807, 2.05) is 48.5 Å². The fourth-order valence-corrected chi connectivity index (χ4v) is 2.21. The summed E-state index contributed by atoms with van der Waals surface area (Å²) in [6, 6.07) is 15.5. The van der Waals surface area contributed by atoms with Crippen molar-refractivity contribution in [3.63, 3.8) is 0 Å². The summed E-state index contributed by atoms with van der Waals surface area (Å²) in [4.78, 5) is 0. The van der Waals surface area contributed by atoms with Gasteiger partial charge in [0.2, 0.25) is 0 Å². The van der Waals surface area contributed by atoms with E-state index < -0.39 is 0 Å². The molecule has 2 aromatic rings. The van der Waals surface area contributed by atoms with Crippen LogP contribution in [0.2, 0.25) is 5.02 Å². The monoisotopic (exact) mass is 305 g/mol. The summed E-state index contributed by atoms with van der Waals surface area (Å²) < 4.78 is 10.9.